The molecular formula is C20H25N2O+. The summed E-state index contributed by atoms with van der Waals surface area (Å²) in [6.07, 6.45) is 1.95. The summed E-state index contributed by atoms with van der Waals surface area (Å²) in [6, 6.07) is 18.9. The van der Waals surface area contributed by atoms with Gasteiger partial charge in [-0.25, -0.2) is 0 Å². The molecule has 2 aromatic carbocycles. The van der Waals surface area contributed by atoms with Crippen LogP contribution in [0.15, 0.2) is 54.6 Å². The minimum atomic E-state index is -0.000806. The van der Waals surface area contributed by atoms with E-state index in [1.165, 1.54) is 21.6 Å². The first-order chi connectivity index (χ1) is 11.2. The van der Waals surface area contributed by atoms with Gasteiger partial charge in [-0.1, -0.05) is 54.6 Å². The monoisotopic (exact) mass is 309 g/mol. The van der Waals surface area contributed by atoms with E-state index >= 15 is 0 Å². The van der Waals surface area contributed by atoms with Crippen LogP contribution in [0.25, 0.3) is 0 Å². The number of hydrogen-bond acceptors (Lipinski definition) is 1. The Morgan fingerprint density at radius 1 is 1.09 bits per heavy atom. The number of carbonyl (C=O) groups is 1. The lowest BCUT2D eigenvalue weighted by Gasteiger charge is -2.30. The zero-order chi connectivity index (χ0) is 16.1. The molecule has 0 radical (unpaired) electrons. The molecule has 23 heavy (non-hydrogen) atoms. The zero-order valence-electron chi connectivity index (χ0n) is 13.7. The quantitative estimate of drug-likeness (QED) is 0.859. The van der Waals surface area contributed by atoms with E-state index in [4.69, 9.17) is 0 Å². The van der Waals surface area contributed by atoms with Crippen LogP contribution in [0.3, 0.4) is 0 Å². The molecule has 0 saturated carbocycles. The number of nitrogens with one attached hydrogen (secondary N) is 2. The first kappa shape index (κ1) is 15.8. The number of rotatable bonds is 5. The molecule has 0 saturated heterocycles. The Morgan fingerprint density at radius 3 is 2.57 bits per heavy atom. The Morgan fingerprint density at radius 2 is 1.78 bits per heavy atom. The second kappa shape index (κ2) is 7.42. The molecule has 2 N–H and O–H groups in total. The molecule has 3 heteroatoms. The van der Waals surface area contributed by atoms with E-state index in [0.29, 0.717) is 6.54 Å². The highest BCUT2D eigenvalue weighted by Crippen LogP contribution is 2.10. The van der Waals surface area contributed by atoms with Crippen LogP contribution in [0.1, 0.15) is 23.6 Å². The second-order valence-corrected chi connectivity index (χ2v) is 6.35. The molecule has 3 nitrogen and oxygen atoms in total. The molecule has 1 amide bonds. The van der Waals surface area contributed by atoms with Gasteiger partial charge in [0, 0.05) is 18.5 Å². The van der Waals surface area contributed by atoms with Crippen LogP contribution in [-0.4, -0.2) is 25.0 Å². The fraction of sp³-hybridized carbons (Fsp3) is 0.350. The predicted molar refractivity (Wildman–Crippen MR) is 92.3 cm³/mol. The van der Waals surface area contributed by atoms with Crippen LogP contribution in [-0.2, 0) is 24.2 Å². The minimum absolute atomic E-state index is 0.000806. The molecule has 0 fully saturated rings. The molecule has 0 aliphatic carbocycles. The molecule has 3 rings (SSSR count). The standard InChI is InChI=1S/C20H24N2O/c1-16(20(23)21-13-11-17-7-3-2-4-8-17)22-14-12-18-9-5-6-10-19(18)15-22/h2-10,16H,11-15H2,1H3,(H,21,23)/p+1/t16-/m0/s1. The molecule has 0 spiro atoms. The highest BCUT2D eigenvalue weighted by atomic mass is 16.2. The summed E-state index contributed by atoms with van der Waals surface area (Å²) in [5, 5.41) is 3.09. The summed E-state index contributed by atoms with van der Waals surface area (Å²) >= 11 is 0. The first-order valence-corrected chi connectivity index (χ1v) is 8.47. The summed E-state index contributed by atoms with van der Waals surface area (Å²) in [5.74, 6) is 0.162. The van der Waals surface area contributed by atoms with Crippen molar-refractivity contribution in [2.45, 2.75) is 32.4 Å². The highest BCUT2D eigenvalue weighted by Gasteiger charge is 2.28. The van der Waals surface area contributed by atoms with Gasteiger partial charge >= 0.3 is 0 Å². The average molecular weight is 309 g/mol. The van der Waals surface area contributed by atoms with Crippen LogP contribution < -0.4 is 10.2 Å². The van der Waals surface area contributed by atoms with Gasteiger partial charge in [0.25, 0.3) is 5.91 Å². The van der Waals surface area contributed by atoms with Gasteiger partial charge in [-0.3, -0.25) is 4.79 Å². The van der Waals surface area contributed by atoms with Crippen molar-refractivity contribution >= 4 is 5.91 Å². The van der Waals surface area contributed by atoms with E-state index in [1.807, 2.05) is 25.1 Å². The Hall–Kier alpha value is -2.13. The highest BCUT2D eigenvalue weighted by molar-refractivity contribution is 5.79. The third-order valence-corrected chi connectivity index (χ3v) is 4.81. The van der Waals surface area contributed by atoms with Gasteiger partial charge in [0.1, 0.15) is 6.54 Å². The second-order valence-electron chi connectivity index (χ2n) is 6.35. The minimum Gasteiger partial charge on any atom is -0.351 e. The lowest BCUT2D eigenvalue weighted by atomic mass is 9.99. The number of fused-ring (bicyclic) bond motifs is 1. The van der Waals surface area contributed by atoms with Gasteiger partial charge in [-0.2, -0.15) is 0 Å². The van der Waals surface area contributed by atoms with Crippen molar-refractivity contribution in [3.8, 4) is 0 Å². The Balaban J connectivity index is 1.50. The molecule has 1 unspecified atom stereocenters. The largest absolute Gasteiger partial charge is 0.351 e. The maximum Gasteiger partial charge on any atom is 0.278 e. The predicted octanol–water partition coefficient (Wildman–Crippen LogP) is 1.37. The Bertz CT molecular complexity index is 654. The molecule has 1 aliphatic rings. The van der Waals surface area contributed by atoms with E-state index in [0.717, 1.165) is 25.9 Å². The van der Waals surface area contributed by atoms with Crippen molar-refractivity contribution in [2.75, 3.05) is 13.1 Å². The third kappa shape index (κ3) is 3.99. The topological polar surface area (TPSA) is 33.5 Å². The van der Waals surface area contributed by atoms with Crippen LogP contribution in [0.4, 0.5) is 0 Å². The van der Waals surface area contributed by atoms with Crippen molar-refractivity contribution in [1.29, 1.82) is 0 Å². The van der Waals surface area contributed by atoms with Crippen molar-refractivity contribution < 1.29 is 9.69 Å². The van der Waals surface area contributed by atoms with Crippen molar-refractivity contribution in [1.82, 2.24) is 5.32 Å². The summed E-state index contributed by atoms with van der Waals surface area (Å²) in [7, 11) is 0. The van der Waals surface area contributed by atoms with Gasteiger partial charge < -0.3 is 10.2 Å². The zero-order valence-corrected chi connectivity index (χ0v) is 13.7. The molecule has 2 aromatic rings. The number of benzene rings is 2. The molecule has 1 aliphatic heterocycles. The fourth-order valence-electron chi connectivity index (χ4n) is 3.28. The maximum absolute atomic E-state index is 12.4. The van der Waals surface area contributed by atoms with Gasteiger partial charge in [0.05, 0.1) is 6.54 Å². The molecular weight excluding hydrogens is 284 g/mol. The van der Waals surface area contributed by atoms with E-state index in [2.05, 4.69) is 41.7 Å². The van der Waals surface area contributed by atoms with E-state index in [9.17, 15) is 4.79 Å². The summed E-state index contributed by atoms with van der Waals surface area (Å²) in [4.78, 5) is 13.8. The average Bonchev–Trinajstić information content (AvgIpc) is 2.61. The van der Waals surface area contributed by atoms with E-state index in [1.54, 1.807) is 0 Å². The summed E-state index contributed by atoms with van der Waals surface area (Å²) in [6.45, 7) is 4.73. The molecule has 0 aromatic heterocycles. The normalized spacial score (nSPS) is 18.0. The first-order valence-electron chi connectivity index (χ1n) is 8.47. The Labute approximate surface area is 138 Å². The summed E-state index contributed by atoms with van der Waals surface area (Å²) < 4.78 is 0. The molecule has 2 atom stereocenters. The lowest BCUT2D eigenvalue weighted by molar-refractivity contribution is -0.929. The van der Waals surface area contributed by atoms with Gasteiger partial charge in [-0.05, 0) is 24.5 Å². The SMILES string of the molecule is C[C@@H](C(=O)NCCc1ccccc1)[NH+]1CCc2ccccc2C1. The van der Waals surface area contributed by atoms with Crippen molar-refractivity contribution in [2.24, 2.45) is 0 Å². The summed E-state index contributed by atoms with van der Waals surface area (Å²) in [5.41, 5.74) is 4.09. The molecule has 1 heterocycles. The van der Waals surface area contributed by atoms with Crippen molar-refractivity contribution in [3.05, 3.63) is 71.3 Å². The number of hydrogen-bond donors (Lipinski definition) is 2. The number of carbonyl (C=O) groups excluding carboxylic acids is 1. The smallest absolute Gasteiger partial charge is 0.278 e. The van der Waals surface area contributed by atoms with Gasteiger partial charge in [0.2, 0.25) is 0 Å². The third-order valence-electron chi connectivity index (χ3n) is 4.81. The van der Waals surface area contributed by atoms with Gasteiger partial charge in [0.15, 0.2) is 6.04 Å². The van der Waals surface area contributed by atoms with Gasteiger partial charge in [-0.15, -0.1) is 0 Å². The fourth-order valence-corrected chi connectivity index (χ4v) is 3.28. The van der Waals surface area contributed by atoms with Crippen LogP contribution in [0, 0.1) is 0 Å². The lowest BCUT2D eigenvalue weighted by Crippen LogP contribution is -3.16. The van der Waals surface area contributed by atoms with Crippen molar-refractivity contribution in [3.63, 3.8) is 0 Å². The van der Waals surface area contributed by atoms with E-state index in [-0.39, 0.29) is 11.9 Å². The van der Waals surface area contributed by atoms with Crippen LogP contribution in [0.5, 0.6) is 0 Å². The number of amides is 1. The Kier molecular flexibility index (Phi) is 5.09. The molecule has 0 bridgehead atoms. The molecule has 120 valence electrons. The van der Waals surface area contributed by atoms with E-state index < -0.39 is 0 Å². The maximum atomic E-state index is 12.4. The number of quaternary nitrogens is 1. The van der Waals surface area contributed by atoms with Crippen LogP contribution >= 0.6 is 0 Å². The van der Waals surface area contributed by atoms with Crippen LogP contribution in [0.2, 0.25) is 0 Å².